The lowest BCUT2D eigenvalue weighted by Crippen LogP contribution is -2.30. The molecule has 2 heterocycles. The van der Waals surface area contributed by atoms with E-state index in [2.05, 4.69) is 52.9 Å². The van der Waals surface area contributed by atoms with Crippen LogP contribution in [0.15, 0.2) is 42.6 Å². The summed E-state index contributed by atoms with van der Waals surface area (Å²) in [6.45, 7) is 2.71. The zero-order chi connectivity index (χ0) is 16.2. The number of nitrogens with zero attached hydrogens (tertiary/aromatic N) is 3. The van der Waals surface area contributed by atoms with Gasteiger partial charge in [-0.25, -0.2) is 4.68 Å². The van der Waals surface area contributed by atoms with Crippen molar-refractivity contribution in [3.05, 3.63) is 53.0 Å². The second-order valence-electron chi connectivity index (χ2n) is 5.59. The number of thiophene rings is 1. The molecule has 3 aromatic rings. The molecule has 0 aliphatic rings. The van der Waals surface area contributed by atoms with Crippen LogP contribution < -0.4 is 11.1 Å². The molecule has 0 aliphatic carbocycles. The van der Waals surface area contributed by atoms with Crippen LogP contribution in [0.5, 0.6) is 0 Å². The van der Waals surface area contributed by atoms with Gasteiger partial charge in [0.25, 0.3) is 0 Å². The summed E-state index contributed by atoms with van der Waals surface area (Å²) in [5.74, 6) is 0. The van der Waals surface area contributed by atoms with Crippen LogP contribution in [0.1, 0.15) is 10.4 Å². The van der Waals surface area contributed by atoms with Gasteiger partial charge >= 0.3 is 0 Å². The highest BCUT2D eigenvalue weighted by atomic mass is 32.1. The van der Waals surface area contributed by atoms with E-state index < -0.39 is 0 Å². The number of aryl methyl sites for hydroxylation is 2. The molecule has 6 heteroatoms. The topological polar surface area (TPSA) is 68.8 Å². The fourth-order valence-electron chi connectivity index (χ4n) is 2.63. The molecule has 0 radical (unpaired) electrons. The van der Waals surface area contributed by atoms with Gasteiger partial charge in [0.15, 0.2) is 0 Å². The molecule has 1 atom stereocenters. The minimum atomic E-state index is 0.216. The Morgan fingerprint density at radius 1 is 1.30 bits per heavy atom. The van der Waals surface area contributed by atoms with E-state index >= 15 is 0 Å². The highest BCUT2D eigenvalue weighted by molar-refractivity contribution is 7.16. The fourth-order valence-corrected chi connectivity index (χ4v) is 3.64. The molecule has 5 nitrogen and oxygen atoms in total. The highest BCUT2D eigenvalue weighted by Gasteiger charge is 2.14. The first-order valence-electron chi connectivity index (χ1n) is 7.63. The molecule has 120 valence electrons. The van der Waals surface area contributed by atoms with E-state index in [-0.39, 0.29) is 6.04 Å². The van der Waals surface area contributed by atoms with Crippen molar-refractivity contribution in [3.63, 3.8) is 0 Å². The number of aromatic nitrogens is 3. The van der Waals surface area contributed by atoms with Gasteiger partial charge in [-0.1, -0.05) is 35.5 Å². The van der Waals surface area contributed by atoms with Gasteiger partial charge in [0.2, 0.25) is 0 Å². The average Bonchev–Trinajstić information content (AvgIpc) is 3.13. The number of benzene rings is 1. The van der Waals surface area contributed by atoms with Crippen molar-refractivity contribution >= 4 is 16.3 Å². The lowest BCUT2D eigenvalue weighted by molar-refractivity contribution is 0.720. The molecule has 23 heavy (non-hydrogen) atoms. The van der Waals surface area contributed by atoms with Crippen LogP contribution in [0, 0.1) is 6.92 Å². The quantitative estimate of drug-likeness (QED) is 0.730. The molecule has 1 aromatic carbocycles. The standard InChI is InChI=1S/C17H21N5S/c1-12-15(16-11-19-21-22(16)2)9-17(23-12)20-14(10-18)8-13-6-4-3-5-7-13/h3-7,9,11,14,20H,8,10,18H2,1-2H3/t14-/m0/s1. The molecule has 0 aliphatic heterocycles. The summed E-state index contributed by atoms with van der Waals surface area (Å²) in [5.41, 5.74) is 9.44. The van der Waals surface area contributed by atoms with E-state index in [0.717, 1.165) is 17.1 Å². The number of rotatable bonds is 6. The normalized spacial score (nSPS) is 12.3. The van der Waals surface area contributed by atoms with Crippen LogP contribution in [0.3, 0.4) is 0 Å². The van der Waals surface area contributed by atoms with Crippen LogP contribution in [-0.2, 0) is 13.5 Å². The Morgan fingerprint density at radius 3 is 2.74 bits per heavy atom. The summed E-state index contributed by atoms with van der Waals surface area (Å²) in [4.78, 5) is 1.24. The summed E-state index contributed by atoms with van der Waals surface area (Å²) >= 11 is 1.74. The first kappa shape index (κ1) is 15.7. The second-order valence-corrected chi connectivity index (χ2v) is 6.85. The van der Waals surface area contributed by atoms with Crippen molar-refractivity contribution in [1.29, 1.82) is 0 Å². The first-order valence-corrected chi connectivity index (χ1v) is 8.45. The summed E-state index contributed by atoms with van der Waals surface area (Å²) in [7, 11) is 1.91. The number of anilines is 1. The molecular weight excluding hydrogens is 306 g/mol. The minimum Gasteiger partial charge on any atom is -0.373 e. The Hall–Kier alpha value is -2.18. The summed E-state index contributed by atoms with van der Waals surface area (Å²) < 4.78 is 1.79. The monoisotopic (exact) mass is 327 g/mol. The van der Waals surface area contributed by atoms with Crippen molar-refractivity contribution in [2.45, 2.75) is 19.4 Å². The Labute approximate surface area is 140 Å². The molecule has 0 bridgehead atoms. The smallest absolute Gasteiger partial charge is 0.0894 e. The number of hydrogen-bond donors (Lipinski definition) is 2. The van der Waals surface area contributed by atoms with E-state index in [9.17, 15) is 0 Å². The third-order valence-electron chi connectivity index (χ3n) is 3.86. The Morgan fingerprint density at radius 2 is 2.09 bits per heavy atom. The van der Waals surface area contributed by atoms with Gasteiger partial charge in [-0.3, -0.25) is 0 Å². The second kappa shape index (κ2) is 6.93. The lowest BCUT2D eigenvalue weighted by atomic mass is 10.1. The summed E-state index contributed by atoms with van der Waals surface area (Å²) in [5, 5.41) is 12.7. The minimum absolute atomic E-state index is 0.216. The molecule has 0 fully saturated rings. The zero-order valence-corrected chi connectivity index (χ0v) is 14.2. The van der Waals surface area contributed by atoms with Gasteiger partial charge in [0.05, 0.1) is 16.9 Å². The third kappa shape index (κ3) is 3.60. The molecule has 0 spiro atoms. The number of hydrogen-bond acceptors (Lipinski definition) is 5. The zero-order valence-electron chi connectivity index (χ0n) is 13.4. The molecule has 0 saturated heterocycles. The first-order chi connectivity index (χ1) is 11.2. The lowest BCUT2D eigenvalue weighted by Gasteiger charge is -2.16. The van der Waals surface area contributed by atoms with Gasteiger partial charge in [-0.05, 0) is 25.0 Å². The largest absolute Gasteiger partial charge is 0.373 e. The van der Waals surface area contributed by atoms with E-state index in [1.807, 2.05) is 13.1 Å². The van der Waals surface area contributed by atoms with Gasteiger partial charge in [0, 0.05) is 30.1 Å². The van der Waals surface area contributed by atoms with Gasteiger partial charge in [-0.2, -0.15) is 0 Å². The van der Waals surface area contributed by atoms with Crippen LogP contribution in [0.4, 0.5) is 5.00 Å². The molecule has 3 N–H and O–H groups in total. The van der Waals surface area contributed by atoms with Crippen LogP contribution >= 0.6 is 11.3 Å². The Bertz CT molecular complexity index is 762. The van der Waals surface area contributed by atoms with Crippen molar-refractivity contribution in [1.82, 2.24) is 15.0 Å². The molecular formula is C17H21N5S. The fraction of sp³-hybridized carbons (Fsp3) is 0.294. The van der Waals surface area contributed by atoms with E-state index in [4.69, 9.17) is 5.73 Å². The van der Waals surface area contributed by atoms with E-state index in [1.165, 1.54) is 16.0 Å². The predicted octanol–water partition coefficient (Wildman–Crippen LogP) is 2.83. The number of nitrogens with one attached hydrogen (secondary N) is 1. The number of nitrogens with two attached hydrogens (primary N) is 1. The molecule has 3 rings (SSSR count). The van der Waals surface area contributed by atoms with Gasteiger partial charge in [-0.15, -0.1) is 16.4 Å². The molecule has 0 unspecified atom stereocenters. The highest BCUT2D eigenvalue weighted by Crippen LogP contribution is 2.33. The average molecular weight is 327 g/mol. The van der Waals surface area contributed by atoms with Gasteiger partial charge < -0.3 is 11.1 Å². The summed E-state index contributed by atoms with van der Waals surface area (Å²) in [6, 6.07) is 12.8. The van der Waals surface area contributed by atoms with Crippen molar-refractivity contribution < 1.29 is 0 Å². The molecule has 2 aromatic heterocycles. The maximum Gasteiger partial charge on any atom is 0.0894 e. The molecule has 0 amide bonds. The molecule has 0 saturated carbocycles. The van der Waals surface area contributed by atoms with Crippen molar-refractivity contribution in [2.75, 3.05) is 11.9 Å². The van der Waals surface area contributed by atoms with Crippen molar-refractivity contribution in [2.24, 2.45) is 12.8 Å². The van der Waals surface area contributed by atoms with E-state index in [0.29, 0.717) is 6.54 Å². The van der Waals surface area contributed by atoms with Gasteiger partial charge in [0.1, 0.15) is 0 Å². The SMILES string of the molecule is Cc1sc(N[C@H](CN)Cc2ccccc2)cc1-c1cnnn1C. The maximum absolute atomic E-state index is 5.95. The summed E-state index contributed by atoms with van der Waals surface area (Å²) in [6.07, 6.45) is 2.71. The van der Waals surface area contributed by atoms with Crippen molar-refractivity contribution in [3.8, 4) is 11.3 Å². The van der Waals surface area contributed by atoms with E-state index in [1.54, 1.807) is 22.2 Å². The predicted molar refractivity (Wildman–Crippen MR) is 95.7 cm³/mol. The Balaban J connectivity index is 1.76. The van der Waals surface area contributed by atoms with Crippen LogP contribution in [-0.4, -0.2) is 27.6 Å². The third-order valence-corrected chi connectivity index (χ3v) is 4.85. The Kier molecular flexibility index (Phi) is 4.73. The van der Waals surface area contributed by atoms with Crippen LogP contribution in [0.25, 0.3) is 11.3 Å². The maximum atomic E-state index is 5.95. The van der Waals surface area contributed by atoms with Crippen LogP contribution in [0.2, 0.25) is 0 Å².